The Morgan fingerprint density at radius 3 is 2.72 bits per heavy atom. The summed E-state index contributed by atoms with van der Waals surface area (Å²) >= 11 is 0. The zero-order valence-electron chi connectivity index (χ0n) is 14.1. The maximum atomic E-state index is 12.2. The van der Waals surface area contributed by atoms with E-state index in [2.05, 4.69) is 27.5 Å². The van der Waals surface area contributed by atoms with E-state index in [1.54, 1.807) is 48.3 Å². The number of hydrogen-bond acceptors (Lipinski definition) is 6. The predicted octanol–water partition coefficient (Wildman–Crippen LogP) is 2.90. The van der Waals surface area contributed by atoms with Crippen LogP contribution in [-0.2, 0) is 7.05 Å². The molecular formula is C17H19N5O3. The molecule has 0 saturated carbocycles. The van der Waals surface area contributed by atoms with E-state index in [4.69, 9.17) is 9.15 Å². The molecule has 3 rings (SSSR count). The van der Waals surface area contributed by atoms with E-state index in [9.17, 15) is 4.79 Å². The number of aromatic nitrogens is 4. The van der Waals surface area contributed by atoms with Crippen LogP contribution < -0.4 is 10.1 Å². The van der Waals surface area contributed by atoms with Crippen molar-refractivity contribution in [3.63, 3.8) is 0 Å². The Morgan fingerprint density at radius 2 is 2.04 bits per heavy atom. The fourth-order valence-corrected chi connectivity index (χ4v) is 2.11. The van der Waals surface area contributed by atoms with Crippen LogP contribution >= 0.6 is 0 Å². The summed E-state index contributed by atoms with van der Waals surface area (Å²) in [6.07, 6.45) is 3.84. The van der Waals surface area contributed by atoms with Gasteiger partial charge in [-0.3, -0.25) is 14.8 Å². The van der Waals surface area contributed by atoms with Gasteiger partial charge in [0.25, 0.3) is 11.8 Å². The van der Waals surface area contributed by atoms with Crippen LogP contribution in [0.15, 0.2) is 40.9 Å². The first-order valence-electron chi connectivity index (χ1n) is 8.03. The fraction of sp³-hybridized carbons (Fsp3) is 0.294. The second kappa shape index (κ2) is 7.61. The first-order valence-corrected chi connectivity index (χ1v) is 8.03. The molecule has 130 valence electrons. The Hall–Kier alpha value is -3.16. The van der Waals surface area contributed by atoms with Crippen molar-refractivity contribution in [2.24, 2.45) is 7.05 Å². The second-order valence-corrected chi connectivity index (χ2v) is 5.47. The summed E-state index contributed by atoms with van der Waals surface area (Å²) in [6, 6.07) is 8.67. The number of carbonyl (C=O) groups is 1. The van der Waals surface area contributed by atoms with Gasteiger partial charge in [-0.25, -0.2) is 0 Å². The minimum atomic E-state index is -0.337. The van der Waals surface area contributed by atoms with E-state index in [1.807, 2.05) is 0 Å². The lowest BCUT2D eigenvalue weighted by Gasteiger charge is -2.06. The Morgan fingerprint density at radius 1 is 1.24 bits per heavy atom. The third kappa shape index (κ3) is 4.23. The standard InChI is InChI=1S/C17H19N5O3/c1-3-4-11-24-13-7-5-12(6-8-13)15(23)18-17-20-19-16(25-17)14-9-10-22(2)21-14/h5-10H,3-4,11H2,1-2H3,(H,18,20,23). The molecule has 2 aromatic heterocycles. The number of aryl methyl sites for hydroxylation is 1. The van der Waals surface area contributed by atoms with Crippen molar-refractivity contribution in [1.29, 1.82) is 0 Å². The molecule has 0 fully saturated rings. The molecule has 0 spiro atoms. The van der Waals surface area contributed by atoms with Gasteiger partial charge in [0.1, 0.15) is 11.4 Å². The molecule has 25 heavy (non-hydrogen) atoms. The average molecular weight is 341 g/mol. The minimum Gasteiger partial charge on any atom is -0.494 e. The van der Waals surface area contributed by atoms with Gasteiger partial charge in [-0.05, 0) is 36.8 Å². The van der Waals surface area contributed by atoms with E-state index in [1.165, 1.54) is 0 Å². The summed E-state index contributed by atoms with van der Waals surface area (Å²) in [4.78, 5) is 12.2. The molecule has 3 aromatic rings. The lowest BCUT2D eigenvalue weighted by Crippen LogP contribution is -2.12. The number of nitrogens with zero attached hydrogens (tertiary/aromatic N) is 4. The topological polar surface area (TPSA) is 95.1 Å². The smallest absolute Gasteiger partial charge is 0.322 e. The number of rotatable bonds is 7. The summed E-state index contributed by atoms with van der Waals surface area (Å²) in [6.45, 7) is 2.77. The van der Waals surface area contributed by atoms with Crippen molar-refractivity contribution in [2.45, 2.75) is 19.8 Å². The summed E-state index contributed by atoms with van der Waals surface area (Å²) in [7, 11) is 1.79. The number of benzene rings is 1. The molecule has 8 heteroatoms. The van der Waals surface area contributed by atoms with E-state index in [0.29, 0.717) is 17.9 Å². The maximum Gasteiger partial charge on any atom is 0.322 e. The van der Waals surface area contributed by atoms with E-state index < -0.39 is 0 Å². The predicted molar refractivity (Wildman–Crippen MR) is 91.3 cm³/mol. The Kier molecular flexibility index (Phi) is 5.08. The number of unbranched alkanes of at least 4 members (excludes halogenated alkanes) is 1. The van der Waals surface area contributed by atoms with Gasteiger partial charge >= 0.3 is 6.01 Å². The third-order valence-electron chi connectivity index (χ3n) is 3.46. The zero-order valence-corrected chi connectivity index (χ0v) is 14.1. The van der Waals surface area contributed by atoms with Crippen molar-refractivity contribution < 1.29 is 13.9 Å². The number of nitrogens with one attached hydrogen (secondary N) is 1. The monoisotopic (exact) mass is 341 g/mol. The molecule has 0 aliphatic rings. The molecule has 0 radical (unpaired) electrons. The van der Waals surface area contributed by atoms with E-state index in [0.717, 1.165) is 18.6 Å². The Bertz CT molecular complexity index is 838. The molecule has 0 saturated heterocycles. The molecule has 0 bridgehead atoms. The van der Waals surface area contributed by atoms with Gasteiger partial charge in [0, 0.05) is 18.8 Å². The Balaban J connectivity index is 1.61. The van der Waals surface area contributed by atoms with Crippen molar-refractivity contribution in [3.05, 3.63) is 42.1 Å². The van der Waals surface area contributed by atoms with Gasteiger partial charge in [0.05, 0.1) is 6.61 Å². The highest BCUT2D eigenvalue weighted by molar-refractivity contribution is 6.03. The second-order valence-electron chi connectivity index (χ2n) is 5.47. The van der Waals surface area contributed by atoms with Crippen LogP contribution in [0.4, 0.5) is 6.01 Å². The van der Waals surface area contributed by atoms with Crippen LogP contribution in [0.2, 0.25) is 0 Å². The SMILES string of the molecule is CCCCOc1ccc(C(=O)Nc2nnc(-c3ccn(C)n3)o2)cc1. The van der Waals surface area contributed by atoms with Gasteiger partial charge in [-0.2, -0.15) is 5.10 Å². The highest BCUT2D eigenvalue weighted by Gasteiger charge is 2.14. The van der Waals surface area contributed by atoms with Crippen molar-refractivity contribution in [2.75, 3.05) is 11.9 Å². The number of carbonyl (C=O) groups excluding carboxylic acids is 1. The molecule has 0 aliphatic heterocycles. The molecule has 1 N–H and O–H groups in total. The number of amides is 1. The molecule has 1 amide bonds. The minimum absolute atomic E-state index is 0.0222. The molecule has 0 aliphatic carbocycles. The lowest BCUT2D eigenvalue weighted by atomic mass is 10.2. The molecule has 0 atom stereocenters. The largest absolute Gasteiger partial charge is 0.494 e. The van der Waals surface area contributed by atoms with Crippen molar-refractivity contribution in [3.8, 4) is 17.3 Å². The van der Waals surface area contributed by atoms with Gasteiger partial charge in [-0.1, -0.05) is 18.4 Å². The van der Waals surface area contributed by atoms with Crippen LogP contribution in [0.25, 0.3) is 11.6 Å². The first-order chi connectivity index (χ1) is 12.2. The summed E-state index contributed by atoms with van der Waals surface area (Å²) in [5.41, 5.74) is 1.02. The van der Waals surface area contributed by atoms with Gasteiger partial charge in [-0.15, -0.1) is 5.10 Å². The van der Waals surface area contributed by atoms with Crippen LogP contribution in [0.5, 0.6) is 5.75 Å². The quantitative estimate of drug-likeness (QED) is 0.664. The lowest BCUT2D eigenvalue weighted by molar-refractivity contribution is 0.102. The number of hydrogen-bond donors (Lipinski definition) is 1. The Labute approximate surface area is 144 Å². The number of anilines is 1. The summed E-state index contributed by atoms with van der Waals surface area (Å²) in [5, 5.41) is 14.4. The van der Waals surface area contributed by atoms with Crippen LogP contribution in [-0.4, -0.2) is 32.5 Å². The van der Waals surface area contributed by atoms with Crippen molar-refractivity contribution >= 4 is 11.9 Å². The van der Waals surface area contributed by atoms with Crippen LogP contribution in [0, 0.1) is 0 Å². The molecule has 0 unspecified atom stereocenters. The highest BCUT2D eigenvalue weighted by Crippen LogP contribution is 2.18. The van der Waals surface area contributed by atoms with Gasteiger partial charge < -0.3 is 9.15 Å². The fourth-order valence-electron chi connectivity index (χ4n) is 2.11. The first kappa shape index (κ1) is 16.7. The molecule has 2 heterocycles. The summed E-state index contributed by atoms with van der Waals surface area (Å²) < 4.78 is 12.6. The van der Waals surface area contributed by atoms with E-state index in [-0.39, 0.29) is 17.8 Å². The highest BCUT2D eigenvalue weighted by atomic mass is 16.5. The summed E-state index contributed by atoms with van der Waals surface area (Å²) in [5.74, 6) is 0.645. The van der Waals surface area contributed by atoms with Gasteiger partial charge in [0.2, 0.25) is 0 Å². The average Bonchev–Trinajstić information content (AvgIpc) is 3.24. The maximum absolute atomic E-state index is 12.2. The van der Waals surface area contributed by atoms with Crippen LogP contribution in [0.3, 0.4) is 0 Å². The zero-order chi connectivity index (χ0) is 17.6. The normalized spacial score (nSPS) is 10.6. The molecule has 8 nitrogen and oxygen atoms in total. The van der Waals surface area contributed by atoms with E-state index >= 15 is 0 Å². The van der Waals surface area contributed by atoms with Gasteiger partial charge in [0.15, 0.2) is 0 Å². The number of ether oxygens (including phenoxy) is 1. The van der Waals surface area contributed by atoms with Crippen LogP contribution in [0.1, 0.15) is 30.1 Å². The molecule has 1 aromatic carbocycles. The van der Waals surface area contributed by atoms with Crippen molar-refractivity contribution in [1.82, 2.24) is 20.0 Å². The third-order valence-corrected chi connectivity index (χ3v) is 3.46. The molecular weight excluding hydrogens is 322 g/mol.